The molecule has 0 bridgehead atoms. The number of carbonyl (C=O) groups excluding carboxylic acids is 1. The van der Waals surface area contributed by atoms with E-state index < -0.39 is 5.41 Å². The number of nitrogens with zero attached hydrogens (tertiary/aromatic N) is 1. The molecule has 0 aliphatic rings. The van der Waals surface area contributed by atoms with Crippen LogP contribution >= 0.6 is 11.3 Å². The second-order valence-corrected chi connectivity index (χ2v) is 5.38. The normalized spacial score (nSPS) is 11.7. The highest BCUT2D eigenvalue weighted by Crippen LogP contribution is 2.13. The van der Waals surface area contributed by atoms with Gasteiger partial charge in [0.15, 0.2) is 0 Å². The first-order valence-corrected chi connectivity index (χ1v) is 6.27. The third-order valence-electron chi connectivity index (χ3n) is 2.44. The van der Waals surface area contributed by atoms with Crippen molar-refractivity contribution in [3.8, 4) is 0 Å². The van der Waals surface area contributed by atoms with Crippen molar-refractivity contribution >= 4 is 17.2 Å². The van der Waals surface area contributed by atoms with Gasteiger partial charge in [0, 0.05) is 18.5 Å². The number of aryl methyl sites for hydroxylation is 1. The van der Waals surface area contributed by atoms with Crippen molar-refractivity contribution in [3.05, 3.63) is 16.1 Å². The molecule has 3 N–H and O–H groups in total. The van der Waals surface area contributed by atoms with Gasteiger partial charge < -0.3 is 11.1 Å². The molecule has 0 radical (unpaired) electrons. The fraction of sp³-hybridized carbons (Fsp3) is 0.636. The lowest BCUT2D eigenvalue weighted by atomic mass is 9.93. The van der Waals surface area contributed by atoms with Crippen molar-refractivity contribution in [1.82, 2.24) is 10.3 Å². The molecule has 0 saturated heterocycles. The third-order valence-corrected chi connectivity index (χ3v) is 3.48. The number of nitrogens with two attached hydrogens (primary N) is 1. The SMILES string of the molecule is CCc1nc(CNCC(C)(C)C(N)=O)cs1. The van der Waals surface area contributed by atoms with Crippen LogP contribution in [0.4, 0.5) is 0 Å². The lowest BCUT2D eigenvalue weighted by Gasteiger charge is -2.20. The van der Waals surface area contributed by atoms with Gasteiger partial charge in [-0.15, -0.1) is 11.3 Å². The molecular weight excluding hydrogens is 222 g/mol. The maximum Gasteiger partial charge on any atom is 0.224 e. The zero-order chi connectivity index (χ0) is 12.2. The van der Waals surface area contributed by atoms with Crippen molar-refractivity contribution in [2.24, 2.45) is 11.1 Å². The third kappa shape index (κ3) is 3.57. The second kappa shape index (κ2) is 5.41. The summed E-state index contributed by atoms with van der Waals surface area (Å²) in [6, 6.07) is 0. The summed E-state index contributed by atoms with van der Waals surface area (Å²) in [6.07, 6.45) is 0.970. The Balaban J connectivity index is 2.38. The fourth-order valence-electron chi connectivity index (χ4n) is 1.18. The average molecular weight is 241 g/mol. The Bertz CT molecular complexity index is 360. The van der Waals surface area contributed by atoms with Crippen molar-refractivity contribution in [2.75, 3.05) is 6.54 Å². The summed E-state index contributed by atoms with van der Waals surface area (Å²) in [7, 11) is 0. The van der Waals surface area contributed by atoms with E-state index in [9.17, 15) is 4.79 Å². The standard InChI is InChI=1S/C11H19N3OS/c1-4-9-14-8(6-16-9)5-13-7-11(2,3)10(12)15/h6,13H,4-5,7H2,1-3H3,(H2,12,15). The summed E-state index contributed by atoms with van der Waals surface area (Å²) in [5.74, 6) is -0.285. The molecule has 0 aliphatic heterocycles. The highest BCUT2D eigenvalue weighted by atomic mass is 32.1. The molecule has 16 heavy (non-hydrogen) atoms. The number of hydrogen-bond donors (Lipinski definition) is 2. The quantitative estimate of drug-likeness (QED) is 0.789. The molecule has 0 aliphatic carbocycles. The van der Waals surface area contributed by atoms with Gasteiger partial charge in [-0.25, -0.2) is 4.98 Å². The minimum Gasteiger partial charge on any atom is -0.369 e. The van der Waals surface area contributed by atoms with Gasteiger partial charge in [-0.3, -0.25) is 4.79 Å². The first kappa shape index (κ1) is 13.1. The number of carbonyl (C=O) groups is 1. The first-order valence-electron chi connectivity index (χ1n) is 5.39. The van der Waals surface area contributed by atoms with E-state index in [0.717, 1.165) is 17.1 Å². The van der Waals surface area contributed by atoms with Gasteiger partial charge in [-0.2, -0.15) is 0 Å². The smallest absolute Gasteiger partial charge is 0.224 e. The number of thiazole rings is 1. The molecule has 0 aromatic carbocycles. The molecule has 90 valence electrons. The summed E-state index contributed by atoms with van der Waals surface area (Å²) in [6.45, 7) is 7.02. The minimum atomic E-state index is -0.510. The van der Waals surface area contributed by atoms with Crippen LogP contribution in [0.2, 0.25) is 0 Å². The molecule has 1 rings (SSSR count). The minimum absolute atomic E-state index is 0.285. The lowest BCUT2D eigenvalue weighted by Crippen LogP contribution is -2.40. The predicted molar refractivity (Wildman–Crippen MR) is 66.2 cm³/mol. The summed E-state index contributed by atoms with van der Waals surface area (Å²) in [5.41, 5.74) is 5.80. The number of amides is 1. The Morgan fingerprint density at radius 2 is 2.31 bits per heavy atom. The summed E-state index contributed by atoms with van der Waals surface area (Å²) in [5, 5.41) is 6.39. The molecule has 1 aromatic rings. The van der Waals surface area contributed by atoms with Gasteiger partial charge in [0.2, 0.25) is 5.91 Å². The summed E-state index contributed by atoms with van der Waals surface area (Å²) < 4.78 is 0. The predicted octanol–water partition coefficient (Wildman–Crippen LogP) is 1.31. The molecule has 0 fully saturated rings. The zero-order valence-electron chi connectivity index (χ0n) is 10.0. The van der Waals surface area contributed by atoms with E-state index >= 15 is 0 Å². The monoisotopic (exact) mass is 241 g/mol. The van der Waals surface area contributed by atoms with Crippen LogP contribution in [0.1, 0.15) is 31.5 Å². The molecule has 0 atom stereocenters. The number of aromatic nitrogens is 1. The van der Waals surface area contributed by atoms with E-state index in [1.807, 2.05) is 19.2 Å². The fourth-order valence-corrected chi connectivity index (χ4v) is 1.93. The van der Waals surface area contributed by atoms with Gasteiger partial charge in [0.1, 0.15) is 0 Å². The van der Waals surface area contributed by atoms with E-state index in [0.29, 0.717) is 13.1 Å². The largest absolute Gasteiger partial charge is 0.369 e. The van der Waals surface area contributed by atoms with Crippen LogP contribution in [0.3, 0.4) is 0 Å². The Morgan fingerprint density at radius 1 is 1.62 bits per heavy atom. The molecule has 5 heteroatoms. The van der Waals surface area contributed by atoms with Crippen LogP contribution in [0, 0.1) is 5.41 Å². The molecule has 0 unspecified atom stereocenters. The zero-order valence-corrected chi connectivity index (χ0v) is 10.9. The van der Waals surface area contributed by atoms with Crippen molar-refractivity contribution in [2.45, 2.75) is 33.7 Å². The van der Waals surface area contributed by atoms with Crippen LogP contribution < -0.4 is 11.1 Å². The van der Waals surface area contributed by atoms with Gasteiger partial charge in [0.05, 0.1) is 16.1 Å². The number of nitrogens with one attached hydrogen (secondary N) is 1. The van der Waals surface area contributed by atoms with E-state index in [1.165, 1.54) is 0 Å². The topological polar surface area (TPSA) is 68.0 Å². The van der Waals surface area contributed by atoms with Crippen LogP contribution in [0.25, 0.3) is 0 Å². The van der Waals surface area contributed by atoms with Crippen molar-refractivity contribution < 1.29 is 4.79 Å². The van der Waals surface area contributed by atoms with E-state index in [-0.39, 0.29) is 5.91 Å². The number of hydrogen-bond acceptors (Lipinski definition) is 4. The van der Waals surface area contributed by atoms with Crippen LogP contribution in [-0.4, -0.2) is 17.4 Å². The maximum atomic E-state index is 11.1. The van der Waals surface area contributed by atoms with Crippen molar-refractivity contribution in [3.63, 3.8) is 0 Å². The molecule has 0 spiro atoms. The van der Waals surface area contributed by atoms with Crippen molar-refractivity contribution in [1.29, 1.82) is 0 Å². The average Bonchev–Trinajstić information content (AvgIpc) is 2.65. The van der Waals surface area contributed by atoms with Crippen LogP contribution in [0.15, 0.2) is 5.38 Å². The second-order valence-electron chi connectivity index (χ2n) is 4.44. The molecule has 1 amide bonds. The maximum absolute atomic E-state index is 11.1. The first-order chi connectivity index (χ1) is 7.45. The van der Waals surface area contributed by atoms with E-state index in [1.54, 1.807) is 11.3 Å². The van der Waals surface area contributed by atoms with E-state index in [2.05, 4.69) is 17.2 Å². The Kier molecular flexibility index (Phi) is 4.44. The summed E-state index contributed by atoms with van der Waals surface area (Å²) >= 11 is 1.67. The number of rotatable bonds is 6. The van der Waals surface area contributed by atoms with Crippen LogP contribution in [0.5, 0.6) is 0 Å². The van der Waals surface area contributed by atoms with Gasteiger partial charge in [-0.05, 0) is 20.3 Å². The van der Waals surface area contributed by atoms with Crippen LogP contribution in [-0.2, 0) is 17.8 Å². The highest BCUT2D eigenvalue weighted by molar-refractivity contribution is 7.09. The van der Waals surface area contributed by atoms with Gasteiger partial charge in [0.25, 0.3) is 0 Å². The molecule has 4 nitrogen and oxygen atoms in total. The molecular formula is C11H19N3OS. The molecule has 1 heterocycles. The molecule has 0 saturated carbocycles. The lowest BCUT2D eigenvalue weighted by molar-refractivity contribution is -0.125. The van der Waals surface area contributed by atoms with Gasteiger partial charge in [-0.1, -0.05) is 6.92 Å². The van der Waals surface area contributed by atoms with E-state index in [4.69, 9.17) is 5.73 Å². The Morgan fingerprint density at radius 3 is 2.81 bits per heavy atom. The molecule has 1 aromatic heterocycles. The Labute approximate surface area is 100 Å². The Hall–Kier alpha value is -0.940. The van der Waals surface area contributed by atoms with Gasteiger partial charge >= 0.3 is 0 Å². The summed E-state index contributed by atoms with van der Waals surface area (Å²) in [4.78, 5) is 15.5. The number of primary amides is 1. The highest BCUT2D eigenvalue weighted by Gasteiger charge is 2.24.